The SMILES string of the molecule is Cc1cccc(CN2C(CNC(=O)c3cc(C)oc3C)CN(C)C(=O)C2C)c1. The van der Waals surface area contributed by atoms with Crippen LogP contribution in [0.4, 0.5) is 0 Å². The molecule has 0 spiro atoms. The number of rotatable bonds is 5. The van der Waals surface area contributed by atoms with Crippen molar-refractivity contribution >= 4 is 11.8 Å². The summed E-state index contributed by atoms with van der Waals surface area (Å²) in [5.41, 5.74) is 2.93. The van der Waals surface area contributed by atoms with Crippen LogP contribution in [0.15, 0.2) is 34.7 Å². The monoisotopic (exact) mass is 383 g/mol. The second-order valence-electron chi connectivity index (χ2n) is 7.75. The van der Waals surface area contributed by atoms with Gasteiger partial charge in [0, 0.05) is 32.7 Å². The molecule has 1 N–H and O–H groups in total. The van der Waals surface area contributed by atoms with Gasteiger partial charge in [-0.1, -0.05) is 29.8 Å². The van der Waals surface area contributed by atoms with E-state index in [9.17, 15) is 9.59 Å². The number of hydrogen-bond donors (Lipinski definition) is 1. The highest BCUT2D eigenvalue weighted by atomic mass is 16.3. The molecular weight excluding hydrogens is 354 g/mol. The van der Waals surface area contributed by atoms with E-state index in [0.717, 1.165) is 5.76 Å². The number of hydrogen-bond acceptors (Lipinski definition) is 4. The summed E-state index contributed by atoms with van der Waals surface area (Å²) in [5, 5.41) is 3.03. The molecule has 1 aliphatic heterocycles. The van der Waals surface area contributed by atoms with E-state index in [0.29, 0.717) is 31.0 Å². The Bertz CT molecular complexity index is 874. The molecule has 1 aromatic carbocycles. The van der Waals surface area contributed by atoms with Crippen molar-refractivity contribution < 1.29 is 14.0 Å². The lowest BCUT2D eigenvalue weighted by atomic mass is 10.0. The maximum Gasteiger partial charge on any atom is 0.254 e. The Hall–Kier alpha value is -2.60. The fourth-order valence-electron chi connectivity index (χ4n) is 3.92. The molecule has 2 amide bonds. The van der Waals surface area contributed by atoms with Crippen molar-refractivity contribution in [1.82, 2.24) is 15.1 Å². The zero-order valence-corrected chi connectivity index (χ0v) is 17.3. The normalized spacial score (nSPS) is 20.5. The van der Waals surface area contributed by atoms with Gasteiger partial charge >= 0.3 is 0 Å². The van der Waals surface area contributed by atoms with Crippen LogP contribution in [-0.4, -0.2) is 53.8 Å². The van der Waals surface area contributed by atoms with Crippen LogP contribution in [0.1, 0.15) is 39.9 Å². The van der Waals surface area contributed by atoms with Crippen molar-refractivity contribution in [3.63, 3.8) is 0 Å². The number of furan rings is 1. The van der Waals surface area contributed by atoms with Crippen LogP contribution in [-0.2, 0) is 11.3 Å². The van der Waals surface area contributed by atoms with Crippen LogP contribution in [0, 0.1) is 20.8 Å². The summed E-state index contributed by atoms with van der Waals surface area (Å²) in [5.74, 6) is 1.31. The number of nitrogens with zero attached hydrogens (tertiary/aromatic N) is 2. The number of aryl methyl sites for hydroxylation is 3. The molecule has 1 saturated heterocycles. The second-order valence-corrected chi connectivity index (χ2v) is 7.75. The van der Waals surface area contributed by atoms with Crippen molar-refractivity contribution in [2.45, 2.75) is 46.3 Å². The highest BCUT2D eigenvalue weighted by Gasteiger charge is 2.36. The number of carbonyl (C=O) groups excluding carboxylic acids is 2. The van der Waals surface area contributed by atoms with Gasteiger partial charge in [0.25, 0.3) is 5.91 Å². The van der Waals surface area contributed by atoms with Crippen LogP contribution in [0.2, 0.25) is 0 Å². The average molecular weight is 383 g/mol. The van der Waals surface area contributed by atoms with Crippen LogP contribution in [0.5, 0.6) is 0 Å². The predicted molar refractivity (Wildman–Crippen MR) is 108 cm³/mol. The minimum atomic E-state index is -0.237. The topological polar surface area (TPSA) is 65.8 Å². The maximum atomic E-state index is 12.6. The van der Waals surface area contributed by atoms with Gasteiger partial charge in [0.05, 0.1) is 11.6 Å². The van der Waals surface area contributed by atoms with Crippen molar-refractivity contribution in [3.05, 3.63) is 58.5 Å². The van der Waals surface area contributed by atoms with E-state index in [4.69, 9.17) is 4.42 Å². The number of carbonyl (C=O) groups is 2. The first-order valence-corrected chi connectivity index (χ1v) is 9.67. The van der Waals surface area contributed by atoms with Gasteiger partial charge in [-0.2, -0.15) is 0 Å². The smallest absolute Gasteiger partial charge is 0.254 e. The van der Waals surface area contributed by atoms with Gasteiger partial charge in [0.15, 0.2) is 0 Å². The molecule has 0 aliphatic carbocycles. The Labute approximate surface area is 166 Å². The third-order valence-corrected chi connectivity index (χ3v) is 5.42. The van der Waals surface area contributed by atoms with Crippen molar-refractivity contribution in [2.75, 3.05) is 20.1 Å². The lowest BCUT2D eigenvalue weighted by Gasteiger charge is -2.44. The zero-order valence-electron chi connectivity index (χ0n) is 17.3. The van der Waals surface area contributed by atoms with E-state index in [1.165, 1.54) is 11.1 Å². The van der Waals surface area contributed by atoms with Crippen molar-refractivity contribution in [3.8, 4) is 0 Å². The molecule has 2 unspecified atom stereocenters. The van der Waals surface area contributed by atoms with Crippen molar-refractivity contribution in [1.29, 1.82) is 0 Å². The lowest BCUT2D eigenvalue weighted by Crippen LogP contribution is -2.62. The molecule has 2 atom stereocenters. The molecule has 0 radical (unpaired) electrons. The molecular formula is C22H29N3O3. The third-order valence-electron chi connectivity index (χ3n) is 5.42. The Morgan fingerprint density at radius 3 is 2.64 bits per heavy atom. The molecule has 2 aromatic rings. The lowest BCUT2D eigenvalue weighted by molar-refractivity contribution is -0.142. The average Bonchev–Trinajstić information content (AvgIpc) is 2.99. The Kier molecular flexibility index (Phi) is 5.89. The van der Waals surface area contributed by atoms with Gasteiger partial charge in [-0.25, -0.2) is 0 Å². The zero-order chi connectivity index (χ0) is 20.4. The molecule has 1 aromatic heterocycles. The summed E-state index contributed by atoms with van der Waals surface area (Å²) < 4.78 is 5.46. The van der Waals surface area contributed by atoms with Crippen LogP contribution >= 0.6 is 0 Å². The minimum absolute atomic E-state index is 0.0375. The third kappa shape index (κ3) is 4.28. The number of nitrogens with one attached hydrogen (secondary N) is 1. The number of benzene rings is 1. The fourth-order valence-corrected chi connectivity index (χ4v) is 3.92. The van der Waals surface area contributed by atoms with Gasteiger partial charge in [-0.15, -0.1) is 0 Å². The number of piperazine rings is 1. The van der Waals surface area contributed by atoms with Gasteiger partial charge in [-0.05, 0) is 39.3 Å². The molecule has 1 aliphatic rings. The standard InChI is InChI=1S/C22H29N3O3/c1-14-7-6-8-18(9-14)12-25-16(3)22(27)24(5)13-19(25)11-23-21(26)20-10-15(2)28-17(20)4/h6-10,16,19H,11-13H2,1-5H3,(H,23,26). The molecule has 1 fully saturated rings. The highest BCUT2D eigenvalue weighted by Crippen LogP contribution is 2.20. The maximum absolute atomic E-state index is 12.6. The summed E-state index contributed by atoms with van der Waals surface area (Å²) in [6.45, 7) is 9.35. The number of likely N-dealkylation sites (N-methyl/N-ethyl adjacent to an activating group) is 1. The summed E-state index contributed by atoms with van der Waals surface area (Å²) in [4.78, 5) is 29.1. The second kappa shape index (κ2) is 8.19. The van der Waals surface area contributed by atoms with E-state index >= 15 is 0 Å². The largest absolute Gasteiger partial charge is 0.466 e. The molecule has 28 heavy (non-hydrogen) atoms. The molecule has 0 bridgehead atoms. The van der Waals surface area contributed by atoms with E-state index in [1.807, 2.05) is 27.0 Å². The first-order chi connectivity index (χ1) is 13.3. The van der Waals surface area contributed by atoms with Crippen LogP contribution in [0.25, 0.3) is 0 Å². The van der Waals surface area contributed by atoms with Gasteiger partial charge in [-0.3, -0.25) is 14.5 Å². The first-order valence-electron chi connectivity index (χ1n) is 9.67. The van der Waals surface area contributed by atoms with E-state index in [-0.39, 0.29) is 23.9 Å². The molecule has 150 valence electrons. The van der Waals surface area contributed by atoms with E-state index in [1.54, 1.807) is 17.9 Å². The van der Waals surface area contributed by atoms with E-state index < -0.39 is 0 Å². The molecule has 3 rings (SSSR count). The Balaban J connectivity index is 1.74. The first kappa shape index (κ1) is 20.1. The van der Waals surface area contributed by atoms with Crippen molar-refractivity contribution in [2.24, 2.45) is 0 Å². The Morgan fingerprint density at radius 2 is 2.00 bits per heavy atom. The fraction of sp³-hybridized carbons (Fsp3) is 0.455. The van der Waals surface area contributed by atoms with Crippen LogP contribution < -0.4 is 5.32 Å². The predicted octanol–water partition coefficient (Wildman–Crippen LogP) is 2.67. The summed E-state index contributed by atoms with van der Waals surface area (Å²) in [6.07, 6.45) is 0. The summed E-state index contributed by atoms with van der Waals surface area (Å²) >= 11 is 0. The molecule has 0 saturated carbocycles. The summed E-state index contributed by atoms with van der Waals surface area (Å²) in [6, 6.07) is 9.88. The van der Waals surface area contributed by atoms with Crippen LogP contribution in [0.3, 0.4) is 0 Å². The van der Waals surface area contributed by atoms with Gasteiger partial charge in [0.2, 0.25) is 5.91 Å². The van der Waals surface area contributed by atoms with E-state index in [2.05, 4.69) is 35.3 Å². The van der Waals surface area contributed by atoms with Gasteiger partial charge in [0.1, 0.15) is 11.5 Å². The molecule has 6 nitrogen and oxygen atoms in total. The number of amides is 2. The summed E-state index contributed by atoms with van der Waals surface area (Å²) in [7, 11) is 1.82. The van der Waals surface area contributed by atoms with Gasteiger partial charge < -0.3 is 14.6 Å². The molecule has 2 heterocycles. The highest BCUT2D eigenvalue weighted by molar-refractivity contribution is 5.95. The quantitative estimate of drug-likeness (QED) is 0.862. The molecule has 6 heteroatoms. The Morgan fingerprint density at radius 1 is 1.25 bits per heavy atom. The minimum Gasteiger partial charge on any atom is -0.466 e.